The van der Waals surface area contributed by atoms with Crippen molar-refractivity contribution in [3.05, 3.63) is 22.9 Å². The van der Waals surface area contributed by atoms with E-state index in [9.17, 15) is 4.79 Å². The van der Waals surface area contributed by atoms with Gasteiger partial charge in [-0.2, -0.15) is 0 Å². The van der Waals surface area contributed by atoms with Crippen LogP contribution < -0.4 is 11.0 Å². The van der Waals surface area contributed by atoms with Gasteiger partial charge in [-0.25, -0.2) is 4.79 Å². The average molecular weight is 251 g/mol. The summed E-state index contributed by atoms with van der Waals surface area (Å²) >= 11 is 0. The van der Waals surface area contributed by atoms with Gasteiger partial charge in [-0.15, -0.1) is 0 Å². The molecule has 1 heterocycles. The van der Waals surface area contributed by atoms with Gasteiger partial charge in [-0.1, -0.05) is 26.2 Å². The maximum atomic E-state index is 11.9. The molecule has 1 aromatic heterocycles. The Bertz CT molecular complexity index is 415. The van der Waals surface area contributed by atoms with E-state index in [1.54, 1.807) is 4.57 Å². The Morgan fingerprint density at radius 1 is 1.33 bits per heavy atom. The van der Waals surface area contributed by atoms with E-state index in [4.69, 9.17) is 0 Å². The Labute approximate surface area is 109 Å². The summed E-state index contributed by atoms with van der Waals surface area (Å²) in [5.74, 6) is 0.728. The van der Waals surface area contributed by atoms with Crippen molar-refractivity contribution in [1.29, 1.82) is 0 Å². The maximum Gasteiger partial charge on any atom is 0.327 e. The number of aromatic nitrogens is 2. The van der Waals surface area contributed by atoms with Crippen molar-refractivity contribution in [2.24, 2.45) is 13.0 Å². The van der Waals surface area contributed by atoms with Crippen LogP contribution >= 0.6 is 0 Å². The lowest BCUT2D eigenvalue weighted by Crippen LogP contribution is -2.42. The van der Waals surface area contributed by atoms with Crippen molar-refractivity contribution in [1.82, 2.24) is 14.5 Å². The van der Waals surface area contributed by atoms with Crippen molar-refractivity contribution >= 4 is 0 Å². The van der Waals surface area contributed by atoms with E-state index >= 15 is 0 Å². The first-order valence-electron chi connectivity index (χ1n) is 7.17. The van der Waals surface area contributed by atoms with E-state index in [0.717, 1.165) is 19.0 Å². The lowest BCUT2D eigenvalue weighted by Gasteiger charge is -2.31. The number of nitrogens with one attached hydrogen (secondary N) is 1. The monoisotopic (exact) mass is 251 g/mol. The molecule has 102 valence electrons. The van der Waals surface area contributed by atoms with Crippen LogP contribution in [-0.2, 0) is 13.6 Å². The molecule has 0 radical (unpaired) electrons. The number of likely N-dealkylation sites (N-methyl/N-ethyl adjacent to an activating group) is 1. The molecule has 0 amide bonds. The number of imidazole rings is 1. The number of hydrogen-bond acceptors (Lipinski definition) is 2. The fourth-order valence-corrected chi connectivity index (χ4v) is 3.04. The normalized spacial score (nSPS) is 19.0. The molecule has 2 rings (SSSR count). The number of nitrogens with zero attached hydrogens (tertiary/aromatic N) is 2. The lowest BCUT2D eigenvalue weighted by molar-refractivity contribution is 0.249. The minimum absolute atomic E-state index is 0.0914. The summed E-state index contributed by atoms with van der Waals surface area (Å²) < 4.78 is 3.48. The standard InChI is InChI=1S/C14H25N3O/c1-3-15-13(12-7-5-4-6-8-12)11-17-10-9-16(2)14(17)18/h9-10,12-13,15H,3-8,11H2,1-2H3. The first-order chi connectivity index (χ1) is 8.72. The summed E-state index contributed by atoms with van der Waals surface area (Å²) in [6.45, 7) is 3.92. The molecule has 0 spiro atoms. The molecule has 1 unspecified atom stereocenters. The van der Waals surface area contributed by atoms with E-state index in [-0.39, 0.29) is 5.69 Å². The molecule has 1 fully saturated rings. The molecule has 0 aliphatic heterocycles. The number of aryl methyl sites for hydroxylation is 1. The van der Waals surface area contributed by atoms with Gasteiger partial charge in [-0.3, -0.25) is 4.57 Å². The topological polar surface area (TPSA) is 39.0 Å². The summed E-state index contributed by atoms with van der Waals surface area (Å²) in [6, 6.07) is 0.440. The summed E-state index contributed by atoms with van der Waals surface area (Å²) in [7, 11) is 1.81. The molecule has 1 N–H and O–H groups in total. The summed E-state index contributed by atoms with van der Waals surface area (Å²) in [5, 5.41) is 3.57. The molecule has 4 heteroatoms. The van der Waals surface area contributed by atoms with Crippen LogP contribution in [0.4, 0.5) is 0 Å². The van der Waals surface area contributed by atoms with Crippen LogP contribution in [0.1, 0.15) is 39.0 Å². The quantitative estimate of drug-likeness (QED) is 0.866. The van der Waals surface area contributed by atoms with Gasteiger partial charge in [0.25, 0.3) is 0 Å². The van der Waals surface area contributed by atoms with Crippen molar-refractivity contribution < 1.29 is 0 Å². The van der Waals surface area contributed by atoms with Gasteiger partial charge in [0.2, 0.25) is 0 Å². The predicted molar refractivity (Wildman–Crippen MR) is 73.7 cm³/mol. The number of rotatable bonds is 5. The average Bonchev–Trinajstić information content (AvgIpc) is 2.71. The van der Waals surface area contributed by atoms with Crippen LogP contribution in [0.2, 0.25) is 0 Å². The molecule has 1 aliphatic carbocycles. The second kappa shape index (κ2) is 6.23. The van der Waals surface area contributed by atoms with Crippen LogP contribution in [0.5, 0.6) is 0 Å². The molecule has 1 atom stereocenters. The third kappa shape index (κ3) is 3.05. The molecular formula is C14H25N3O. The van der Waals surface area contributed by atoms with Crippen LogP contribution in [0.3, 0.4) is 0 Å². The summed E-state index contributed by atoms with van der Waals surface area (Å²) in [4.78, 5) is 11.9. The van der Waals surface area contributed by atoms with E-state index in [1.807, 2.05) is 24.0 Å². The molecule has 18 heavy (non-hydrogen) atoms. The lowest BCUT2D eigenvalue weighted by atomic mass is 9.84. The first-order valence-corrected chi connectivity index (χ1v) is 7.17. The van der Waals surface area contributed by atoms with Gasteiger partial charge in [0.15, 0.2) is 0 Å². The Hall–Kier alpha value is -1.03. The zero-order chi connectivity index (χ0) is 13.0. The molecular weight excluding hydrogens is 226 g/mol. The summed E-state index contributed by atoms with van der Waals surface area (Å²) in [5.41, 5.74) is 0.0914. The largest absolute Gasteiger partial charge is 0.327 e. The molecule has 1 aliphatic rings. The van der Waals surface area contributed by atoms with Gasteiger partial charge in [-0.05, 0) is 25.3 Å². The van der Waals surface area contributed by atoms with Crippen LogP contribution in [0.25, 0.3) is 0 Å². The predicted octanol–water partition coefficient (Wildman–Crippen LogP) is 1.75. The third-order valence-corrected chi connectivity index (χ3v) is 4.10. The fraction of sp³-hybridized carbons (Fsp3) is 0.786. The highest BCUT2D eigenvalue weighted by atomic mass is 16.1. The molecule has 1 aromatic rings. The molecule has 0 saturated heterocycles. The zero-order valence-corrected chi connectivity index (χ0v) is 11.6. The fourth-order valence-electron chi connectivity index (χ4n) is 3.04. The SMILES string of the molecule is CCNC(Cn1ccn(C)c1=O)C1CCCCC1. The van der Waals surface area contributed by atoms with Gasteiger partial charge in [0, 0.05) is 32.0 Å². The van der Waals surface area contributed by atoms with Gasteiger partial charge in [0.05, 0.1) is 0 Å². The Morgan fingerprint density at radius 3 is 2.61 bits per heavy atom. The van der Waals surface area contributed by atoms with E-state index in [2.05, 4.69) is 12.2 Å². The van der Waals surface area contributed by atoms with Gasteiger partial charge >= 0.3 is 5.69 Å². The zero-order valence-electron chi connectivity index (χ0n) is 11.6. The van der Waals surface area contributed by atoms with Crippen LogP contribution in [0.15, 0.2) is 17.2 Å². The Kier molecular flexibility index (Phi) is 4.64. The van der Waals surface area contributed by atoms with Crippen LogP contribution in [0, 0.1) is 5.92 Å². The second-order valence-corrected chi connectivity index (χ2v) is 5.41. The minimum atomic E-state index is 0.0914. The third-order valence-electron chi connectivity index (χ3n) is 4.10. The smallest absolute Gasteiger partial charge is 0.312 e. The molecule has 0 bridgehead atoms. The van der Waals surface area contributed by atoms with Crippen molar-refractivity contribution in [3.8, 4) is 0 Å². The highest BCUT2D eigenvalue weighted by molar-refractivity contribution is 4.85. The van der Waals surface area contributed by atoms with E-state index in [0.29, 0.717) is 6.04 Å². The van der Waals surface area contributed by atoms with E-state index in [1.165, 1.54) is 32.1 Å². The van der Waals surface area contributed by atoms with Crippen molar-refractivity contribution in [3.63, 3.8) is 0 Å². The molecule has 0 aromatic carbocycles. The highest BCUT2D eigenvalue weighted by Crippen LogP contribution is 2.27. The van der Waals surface area contributed by atoms with Crippen LogP contribution in [-0.4, -0.2) is 21.7 Å². The van der Waals surface area contributed by atoms with E-state index < -0.39 is 0 Å². The molecule has 4 nitrogen and oxygen atoms in total. The van der Waals surface area contributed by atoms with Crippen molar-refractivity contribution in [2.75, 3.05) is 6.54 Å². The number of hydrogen-bond donors (Lipinski definition) is 1. The van der Waals surface area contributed by atoms with Crippen molar-refractivity contribution in [2.45, 2.75) is 51.6 Å². The van der Waals surface area contributed by atoms with Gasteiger partial charge < -0.3 is 9.88 Å². The highest BCUT2D eigenvalue weighted by Gasteiger charge is 2.23. The second-order valence-electron chi connectivity index (χ2n) is 5.41. The molecule has 1 saturated carbocycles. The Morgan fingerprint density at radius 2 is 2.06 bits per heavy atom. The first kappa shape index (κ1) is 13.4. The minimum Gasteiger partial charge on any atom is -0.312 e. The summed E-state index contributed by atoms with van der Waals surface area (Å²) in [6.07, 6.45) is 10.4. The maximum absolute atomic E-state index is 11.9. The van der Waals surface area contributed by atoms with Gasteiger partial charge in [0.1, 0.15) is 0 Å². The Balaban J connectivity index is 2.05.